The summed E-state index contributed by atoms with van der Waals surface area (Å²) in [5.74, 6) is 0.607. The number of carbonyl (C=O) groups is 1. The van der Waals surface area contributed by atoms with Crippen molar-refractivity contribution in [2.45, 2.75) is 13.3 Å². The molecule has 0 saturated heterocycles. The van der Waals surface area contributed by atoms with E-state index >= 15 is 0 Å². The molecule has 0 atom stereocenters. The number of hydrogen-bond acceptors (Lipinski definition) is 3. The minimum Gasteiger partial charge on any atom is -0.495 e. The van der Waals surface area contributed by atoms with Gasteiger partial charge in [0.05, 0.1) is 19.3 Å². The zero-order valence-corrected chi connectivity index (χ0v) is 9.96. The molecule has 0 aromatic heterocycles. The lowest BCUT2D eigenvalue weighted by Gasteiger charge is -2.11. The first-order chi connectivity index (χ1) is 7.71. The fourth-order valence-corrected chi connectivity index (χ4v) is 1.43. The highest BCUT2D eigenvalue weighted by Crippen LogP contribution is 2.25. The molecule has 0 spiro atoms. The molecule has 4 heteroatoms. The number of likely N-dealkylation sites (N-methyl/N-ethyl adjacent to an activating group) is 1. The Hall–Kier alpha value is -1.55. The third kappa shape index (κ3) is 3.24. The van der Waals surface area contributed by atoms with Gasteiger partial charge in [0.15, 0.2) is 0 Å². The molecule has 16 heavy (non-hydrogen) atoms. The van der Waals surface area contributed by atoms with Crippen LogP contribution < -0.4 is 15.4 Å². The lowest BCUT2D eigenvalue weighted by molar-refractivity contribution is -0.115. The SMILES string of the molecule is CCc1ccc(OC)c(NC(=O)CNC)c1. The Balaban J connectivity index is 2.86. The Labute approximate surface area is 96.0 Å². The Kier molecular flexibility index (Phi) is 4.79. The van der Waals surface area contributed by atoms with Gasteiger partial charge in [-0.3, -0.25) is 4.79 Å². The van der Waals surface area contributed by atoms with Gasteiger partial charge in [-0.05, 0) is 31.2 Å². The van der Waals surface area contributed by atoms with Gasteiger partial charge in [0, 0.05) is 0 Å². The normalized spacial score (nSPS) is 9.94. The maximum Gasteiger partial charge on any atom is 0.238 e. The average Bonchev–Trinajstić information content (AvgIpc) is 2.29. The predicted molar refractivity (Wildman–Crippen MR) is 64.9 cm³/mol. The van der Waals surface area contributed by atoms with Gasteiger partial charge in [0.1, 0.15) is 5.75 Å². The third-order valence-electron chi connectivity index (χ3n) is 2.28. The van der Waals surface area contributed by atoms with E-state index in [9.17, 15) is 4.79 Å². The molecule has 1 rings (SSSR count). The molecule has 0 aliphatic rings. The predicted octanol–water partition coefficient (Wildman–Crippen LogP) is 1.42. The Bertz CT molecular complexity index is 364. The van der Waals surface area contributed by atoms with Gasteiger partial charge in [-0.2, -0.15) is 0 Å². The van der Waals surface area contributed by atoms with Gasteiger partial charge in [0.2, 0.25) is 5.91 Å². The first kappa shape index (κ1) is 12.5. The summed E-state index contributed by atoms with van der Waals surface area (Å²) in [5.41, 5.74) is 1.89. The van der Waals surface area contributed by atoms with Crippen molar-refractivity contribution in [1.82, 2.24) is 5.32 Å². The maximum atomic E-state index is 11.5. The van der Waals surface area contributed by atoms with E-state index in [1.807, 2.05) is 18.2 Å². The lowest BCUT2D eigenvalue weighted by Crippen LogP contribution is -2.25. The number of benzene rings is 1. The number of carbonyl (C=O) groups excluding carboxylic acids is 1. The summed E-state index contributed by atoms with van der Waals surface area (Å²) < 4.78 is 5.19. The van der Waals surface area contributed by atoms with E-state index < -0.39 is 0 Å². The standard InChI is InChI=1S/C12H18N2O2/c1-4-9-5-6-11(16-3)10(7-9)14-12(15)8-13-2/h5-7,13H,4,8H2,1-3H3,(H,14,15). The largest absolute Gasteiger partial charge is 0.495 e. The molecule has 0 saturated carbocycles. The number of ether oxygens (including phenoxy) is 1. The van der Waals surface area contributed by atoms with Crippen LogP contribution in [0, 0.1) is 0 Å². The minimum atomic E-state index is -0.0750. The van der Waals surface area contributed by atoms with Crippen LogP contribution in [0.25, 0.3) is 0 Å². The quantitative estimate of drug-likeness (QED) is 0.792. The van der Waals surface area contributed by atoms with E-state index in [1.54, 1.807) is 14.2 Å². The summed E-state index contributed by atoms with van der Waals surface area (Å²) in [7, 11) is 3.33. The van der Waals surface area contributed by atoms with E-state index in [2.05, 4.69) is 17.6 Å². The Morgan fingerprint density at radius 3 is 2.75 bits per heavy atom. The van der Waals surface area contributed by atoms with Gasteiger partial charge in [-0.15, -0.1) is 0 Å². The molecule has 0 radical (unpaired) electrons. The number of methoxy groups -OCH3 is 1. The van der Waals surface area contributed by atoms with E-state index in [1.165, 1.54) is 5.56 Å². The van der Waals surface area contributed by atoms with Crippen molar-refractivity contribution < 1.29 is 9.53 Å². The number of rotatable bonds is 5. The van der Waals surface area contributed by atoms with Crippen molar-refractivity contribution in [2.24, 2.45) is 0 Å². The van der Waals surface area contributed by atoms with E-state index in [4.69, 9.17) is 4.74 Å². The molecular weight excluding hydrogens is 204 g/mol. The van der Waals surface area contributed by atoms with Gasteiger partial charge < -0.3 is 15.4 Å². The molecule has 0 fully saturated rings. The molecule has 0 bridgehead atoms. The smallest absolute Gasteiger partial charge is 0.238 e. The summed E-state index contributed by atoms with van der Waals surface area (Å²) in [5, 5.41) is 5.61. The van der Waals surface area contributed by atoms with Crippen molar-refractivity contribution in [1.29, 1.82) is 0 Å². The molecule has 1 aromatic carbocycles. The number of aryl methyl sites for hydroxylation is 1. The topological polar surface area (TPSA) is 50.4 Å². The van der Waals surface area contributed by atoms with Crippen LogP contribution in [0.2, 0.25) is 0 Å². The summed E-state index contributed by atoms with van der Waals surface area (Å²) in [6.07, 6.45) is 0.929. The van der Waals surface area contributed by atoms with Crippen molar-refractivity contribution in [2.75, 3.05) is 26.0 Å². The van der Waals surface area contributed by atoms with Crippen molar-refractivity contribution in [3.8, 4) is 5.75 Å². The lowest BCUT2D eigenvalue weighted by atomic mass is 10.1. The van der Waals surface area contributed by atoms with Crippen LogP contribution in [0.5, 0.6) is 5.75 Å². The molecule has 0 aliphatic heterocycles. The summed E-state index contributed by atoms with van der Waals surface area (Å²) in [4.78, 5) is 11.5. The number of hydrogen-bond donors (Lipinski definition) is 2. The second-order valence-corrected chi connectivity index (χ2v) is 3.47. The van der Waals surface area contributed by atoms with Crippen molar-refractivity contribution in [3.63, 3.8) is 0 Å². The zero-order valence-electron chi connectivity index (χ0n) is 9.96. The molecule has 1 amide bonds. The van der Waals surface area contributed by atoms with Crippen LogP contribution in [0.15, 0.2) is 18.2 Å². The molecule has 0 aliphatic carbocycles. The monoisotopic (exact) mass is 222 g/mol. The van der Waals surface area contributed by atoms with E-state index in [-0.39, 0.29) is 5.91 Å². The van der Waals surface area contributed by atoms with Crippen LogP contribution in [0.4, 0.5) is 5.69 Å². The minimum absolute atomic E-state index is 0.0750. The van der Waals surface area contributed by atoms with E-state index in [0.717, 1.165) is 12.1 Å². The molecular formula is C12H18N2O2. The number of nitrogens with one attached hydrogen (secondary N) is 2. The molecule has 0 heterocycles. The first-order valence-electron chi connectivity index (χ1n) is 5.32. The van der Waals surface area contributed by atoms with E-state index in [0.29, 0.717) is 12.3 Å². The van der Waals surface area contributed by atoms with Crippen LogP contribution in [0.1, 0.15) is 12.5 Å². The van der Waals surface area contributed by atoms with Gasteiger partial charge >= 0.3 is 0 Å². The van der Waals surface area contributed by atoms with Crippen molar-refractivity contribution in [3.05, 3.63) is 23.8 Å². The van der Waals surface area contributed by atoms with Crippen LogP contribution in [0.3, 0.4) is 0 Å². The van der Waals surface area contributed by atoms with Crippen LogP contribution >= 0.6 is 0 Å². The Morgan fingerprint density at radius 2 is 2.19 bits per heavy atom. The second kappa shape index (κ2) is 6.12. The second-order valence-electron chi connectivity index (χ2n) is 3.47. The molecule has 4 nitrogen and oxygen atoms in total. The van der Waals surface area contributed by atoms with Gasteiger partial charge in [-0.1, -0.05) is 13.0 Å². The summed E-state index contributed by atoms with van der Waals surface area (Å²) in [6.45, 7) is 2.36. The van der Waals surface area contributed by atoms with Crippen LogP contribution in [-0.2, 0) is 11.2 Å². The van der Waals surface area contributed by atoms with Crippen molar-refractivity contribution >= 4 is 11.6 Å². The molecule has 2 N–H and O–H groups in total. The summed E-state index contributed by atoms with van der Waals surface area (Å²) in [6, 6.07) is 5.80. The summed E-state index contributed by atoms with van der Waals surface area (Å²) >= 11 is 0. The highest BCUT2D eigenvalue weighted by Gasteiger charge is 2.07. The van der Waals surface area contributed by atoms with Crippen LogP contribution in [-0.4, -0.2) is 26.6 Å². The average molecular weight is 222 g/mol. The Morgan fingerprint density at radius 1 is 1.44 bits per heavy atom. The number of amides is 1. The highest BCUT2D eigenvalue weighted by atomic mass is 16.5. The zero-order chi connectivity index (χ0) is 12.0. The van der Waals surface area contributed by atoms with Gasteiger partial charge in [-0.25, -0.2) is 0 Å². The molecule has 0 unspecified atom stereocenters. The highest BCUT2D eigenvalue weighted by molar-refractivity contribution is 5.93. The molecule has 1 aromatic rings. The number of anilines is 1. The fourth-order valence-electron chi connectivity index (χ4n) is 1.43. The third-order valence-corrected chi connectivity index (χ3v) is 2.28. The first-order valence-corrected chi connectivity index (χ1v) is 5.32. The fraction of sp³-hybridized carbons (Fsp3) is 0.417. The molecule has 88 valence electrons. The maximum absolute atomic E-state index is 11.5. The van der Waals surface area contributed by atoms with Gasteiger partial charge in [0.25, 0.3) is 0 Å².